The van der Waals surface area contributed by atoms with Crippen LogP contribution in [0.25, 0.3) is 11.3 Å². The zero-order valence-corrected chi connectivity index (χ0v) is 11.1. The lowest BCUT2D eigenvalue weighted by Gasteiger charge is -2.19. The van der Waals surface area contributed by atoms with Gasteiger partial charge >= 0.3 is 0 Å². The maximum absolute atomic E-state index is 9.90. The SMILES string of the molecule is COc1ccc(-c2cc(O)n(C(C)(C)C)n2)cc1. The Kier molecular flexibility index (Phi) is 3.03. The molecular weight excluding hydrogens is 228 g/mol. The third-order valence-electron chi connectivity index (χ3n) is 2.71. The van der Waals surface area contributed by atoms with Gasteiger partial charge in [0.2, 0.25) is 5.88 Å². The molecule has 0 atom stereocenters. The van der Waals surface area contributed by atoms with Gasteiger partial charge in [0.15, 0.2) is 0 Å². The van der Waals surface area contributed by atoms with E-state index < -0.39 is 0 Å². The van der Waals surface area contributed by atoms with Crippen LogP contribution in [-0.4, -0.2) is 22.0 Å². The minimum Gasteiger partial charge on any atom is -0.497 e. The van der Waals surface area contributed by atoms with Crippen LogP contribution >= 0.6 is 0 Å². The summed E-state index contributed by atoms with van der Waals surface area (Å²) in [5.74, 6) is 0.978. The largest absolute Gasteiger partial charge is 0.497 e. The second-order valence-corrected chi connectivity index (χ2v) is 5.20. The van der Waals surface area contributed by atoms with Gasteiger partial charge in [0.25, 0.3) is 0 Å². The van der Waals surface area contributed by atoms with Crippen molar-refractivity contribution in [2.45, 2.75) is 26.3 Å². The van der Waals surface area contributed by atoms with E-state index in [1.165, 1.54) is 0 Å². The molecule has 1 N–H and O–H groups in total. The molecule has 1 aromatic heterocycles. The van der Waals surface area contributed by atoms with Crippen molar-refractivity contribution in [2.75, 3.05) is 7.11 Å². The molecule has 18 heavy (non-hydrogen) atoms. The number of rotatable bonds is 2. The van der Waals surface area contributed by atoms with E-state index in [-0.39, 0.29) is 11.4 Å². The molecule has 0 bridgehead atoms. The minimum absolute atomic E-state index is 0.174. The van der Waals surface area contributed by atoms with Crippen molar-refractivity contribution in [2.24, 2.45) is 0 Å². The normalized spacial score (nSPS) is 11.6. The number of hydrogen-bond acceptors (Lipinski definition) is 3. The highest BCUT2D eigenvalue weighted by Crippen LogP contribution is 2.28. The number of benzene rings is 1. The van der Waals surface area contributed by atoms with Crippen molar-refractivity contribution >= 4 is 0 Å². The van der Waals surface area contributed by atoms with E-state index in [0.29, 0.717) is 0 Å². The molecule has 1 heterocycles. The molecule has 96 valence electrons. The molecule has 0 unspecified atom stereocenters. The van der Waals surface area contributed by atoms with Crippen molar-refractivity contribution in [3.05, 3.63) is 30.3 Å². The van der Waals surface area contributed by atoms with E-state index in [9.17, 15) is 5.11 Å². The summed E-state index contributed by atoms with van der Waals surface area (Å²) in [5.41, 5.74) is 1.47. The van der Waals surface area contributed by atoms with Gasteiger partial charge in [-0.25, -0.2) is 4.68 Å². The van der Waals surface area contributed by atoms with Gasteiger partial charge < -0.3 is 9.84 Å². The molecule has 4 heteroatoms. The summed E-state index contributed by atoms with van der Waals surface area (Å²) in [6.45, 7) is 5.99. The van der Waals surface area contributed by atoms with Crippen LogP contribution in [0.3, 0.4) is 0 Å². The molecular formula is C14H18N2O2. The molecule has 1 aromatic carbocycles. The summed E-state index contributed by atoms with van der Waals surface area (Å²) in [6.07, 6.45) is 0. The summed E-state index contributed by atoms with van der Waals surface area (Å²) in [7, 11) is 1.63. The van der Waals surface area contributed by atoms with E-state index >= 15 is 0 Å². The van der Waals surface area contributed by atoms with Gasteiger partial charge in [-0.3, -0.25) is 0 Å². The highest BCUT2D eigenvalue weighted by Gasteiger charge is 2.19. The first-order chi connectivity index (χ1) is 8.41. The molecule has 0 fully saturated rings. The van der Waals surface area contributed by atoms with Crippen LogP contribution in [0.1, 0.15) is 20.8 Å². The first-order valence-corrected chi connectivity index (χ1v) is 5.86. The van der Waals surface area contributed by atoms with E-state index in [0.717, 1.165) is 17.0 Å². The lowest BCUT2D eigenvalue weighted by molar-refractivity contribution is 0.295. The molecule has 0 aliphatic rings. The first-order valence-electron chi connectivity index (χ1n) is 5.86. The number of hydrogen-bond donors (Lipinski definition) is 1. The molecule has 0 saturated heterocycles. The average molecular weight is 246 g/mol. The van der Waals surface area contributed by atoms with Crippen molar-refractivity contribution in [1.29, 1.82) is 0 Å². The fraction of sp³-hybridized carbons (Fsp3) is 0.357. The average Bonchev–Trinajstić information content (AvgIpc) is 2.71. The fourth-order valence-electron chi connectivity index (χ4n) is 1.77. The van der Waals surface area contributed by atoms with Crippen LogP contribution in [-0.2, 0) is 5.54 Å². The summed E-state index contributed by atoms with van der Waals surface area (Å²) in [6, 6.07) is 9.28. The lowest BCUT2D eigenvalue weighted by Crippen LogP contribution is -2.22. The second kappa shape index (κ2) is 4.37. The number of ether oxygens (including phenoxy) is 1. The number of aromatic nitrogens is 2. The highest BCUT2D eigenvalue weighted by molar-refractivity contribution is 5.61. The van der Waals surface area contributed by atoms with Crippen molar-refractivity contribution in [3.8, 4) is 22.9 Å². The van der Waals surface area contributed by atoms with Crippen molar-refractivity contribution < 1.29 is 9.84 Å². The lowest BCUT2D eigenvalue weighted by atomic mass is 10.1. The summed E-state index contributed by atoms with van der Waals surface area (Å²) in [5, 5.41) is 14.3. The standard InChI is InChI=1S/C14H18N2O2/c1-14(2,3)16-13(17)9-12(15-16)10-5-7-11(18-4)8-6-10/h5-9,17H,1-4H3. The highest BCUT2D eigenvalue weighted by atomic mass is 16.5. The first kappa shape index (κ1) is 12.5. The molecule has 4 nitrogen and oxygen atoms in total. The number of methoxy groups -OCH3 is 1. The van der Waals surface area contributed by atoms with Gasteiger partial charge in [0.05, 0.1) is 18.3 Å². The molecule has 0 amide bonds. The maximum atomic E-state index is 9.90. The molecule has 0 saturated carbocycles. The predicted molar refractivity (Wildman–Crippen MR) is 70.9 cm³/mol. The Bertz CT molecular complexity index is 536. The van der Waals surface area contributed by atoms with Gasteiger partial charge in [0, 0.05) is 11.6 Å². The van der Waals surface area contributed by atoms with E-state index in [4.69, 9.17) is 4.74 Å². The van der Waals surface area contributed by atoms with Crippen LogP contribution in [0, 0.1) is 0 Å². The van der Waals surface area contributed by atoms with E-state index in [2.05, 4.69) is 5.10 Å². The maximum Gasteiger partial charge on any atom is 0.210 e. The van der Waals surface area contributed by atoms with Crippen molar-refractivity contribution in [3.63, 3.8) is 0 Å². The Labute approximate surface area is 107 Å². The van der Waals surface area contributed by atoms with E-state index in [1.54, 1.807) is 17.9 Å². The summed E-state index contributed by atoms with van der Waals surface area (Å²) < 4.78 is 6.73. The Hall–Kier alpha value is -1.97. The Morgan fingerprint density at radius 3 is 2.22 bits per heavy atom. The fourth-order valence-corrected chi connectivity index (χ4v) is 1.77. The molecule has 0 aliphatic carbocycles. The zero-order valence-electron chi connectivity index (χ0n) is 11.1. The molecule has 0 spiro atoms. The van der Waals surface area contributed by atoms with Gasteiger partial charge in [-0.1, -0.05) is 0 Å². The van der Waals surface area contributed by atoms with Gasteiger partial charge in [-0.15, -0.1) is 0 Å². The summed E-state index contributed by atoms with van der Waals surface area (Å²) in [4.78, 5) is 0. The molecule has 2 rings (SSSR count). The van der Waals surface area contributed by atoms with Crippen molar-refractivity contribution in [1.82, 2.24) is 9.78 Å². The predicted octanol–water partition coefficient (Wildman–Crippen LogP) is 3.02. The van der Waals surface area contributed by atoms with Crippen LogP contribution in [0.2, 0.25) is 0 Å². The quantitative estimate of drug-likeness (QED) is 0.886. The molecule has 2 aromatic rings. The molecule has 0 radical (unpaired) electrons. The van der Waals surface area contributed by atoms with Gasteiger partial charge in [0.1, 0.15) is 5.75 Å². The Morgan fingerprint density at radius 1 is 1.17 bits per heavy atom. The summed E-state index contributed by atoms with van der Waals surface area (Å²) >= 11 is 0. The topological polar surface area (TPSA) is 47.3 Å². The van der Waals surface area contributed by atoms with Crippen LogP contribution in [0.15, 0.2) is 30.3 Å². The Balaban J connectivity index is 2.39. The Morgan fingerprint density at radius 2 is 1.78 bits per heavy atom. The van der Waals surface area contributed by atoms with Crippen LogP contribution < -0.4 is 4.74 Å². The van der Waals surface area contributed by atoms with Gasteiger partial charge in [-0.05, 0) is 45.0 Å². The smallest absolute Gasteiger partial charge is 0.210 e. The second-order valence-electron chi connectivity index (χ2n) is 5.20. The zero-order chi connectivity index (χ0) is 13.3. The third kappa shape index (κ3) is 2.32. The van der Waals surface area contributed by atoms with Crippen LogP contribution in [0.4, 0.5) is 0 Å². The third-order valence-corrected chi connectivity index (χ3v) is 2.71. The number of nitrogens with zero attached hydrogens (tertiary/aromatic N) is 2. The number of aromatic hydroxyl groups is 1. The van der Waals surface area contributed by atoms with E-state index in [1.807, 2.05) is 45.0 Å². The minimum atomic E-state index is -0.241. The monoisotopic (exact) mass is 246 g/mol. The van der Waals surface area contributed by atoms with Crippen LogP contribution in [0.5, 0.6) is 11.6 Å². The van der Waals surface area contributed by atoms with Gasteiger partial charge in [-0.2, -0.15) is 5.10 Å². The molecule has 0 aliphatic heterocycles.